The van der Waals surface area contributed by atoms with Gasteiger partial charge < -0.3 is 40.2 Å². The van der Waals surface area contributed by atoms with Gasteiger partial charge in [0, 0.05) is 5.56 Å². The number of nitrogens with one attached hydrogen (secondary N) is 3. The standard InChI is InChI=1S/C40H50N4O12/c1-6-9-10-15-28(31(7-2)44(23-45)56-40(53)27-14-12-11-13-26(27)24(4)5)36(48)41-22-42-38(50)33-19-18-32(55-33)25-16-17-29(34(20-25)54-8-3)37(49)43-30(39(51)52)21-35(46)47/h11-14,16-20,23-24,28,30-31H,6-10,15,21-22H2,1-5H3,(H,41,48)(H,42,50)(H,43,49)(H,46,47)(H,51,52). The van der Waals surface area contributed by atoms with Crippen LogP contribution < -0.4 is 20.7 Å². The van der Waals surface area contributed by atoms with Gasteiger partial charge in [-0.2, -0.15) is 5.06 Å². The highest BCUT2D eigenvalue weighted by atomic mass is 16.7. The predicted molar refractivity (Wildman–Crippen MR) is 202 cm³/mol. The fraction of sp³-hybridized carbons (Fsp3) is 0.425. The number of carbonyl (C=O) groups excluding carboxylic acids is 5. The number of carboxylic acids is 2. The molecule has 3 rings (SSSR count). The van der Waals surface area contributed by atoms with Crippen LogP contribution in [0.3, 0.4) is 0 Å². The van der Waals surface area contributed by atoms with Gasteiger partial charge in [0.15, 0.2) is 5.76 Å². The van der Waals surface area contributed by atoms with Crippen molar-refractivity contribution in [3.05, 3.63) is 77.0 Å². The van der Waals surface area contributed by atoms with Crippen molar-refractivity contribution in [1.29, 1.82) is 0 Å². The van der Waals surface area contributed by atoms with E-state index >= 15 is 0 Å². The van der Waals surface area contributed by atoms with Crippen LogP contribution in [0, 0.1) is 5.92 Å². The van der Waals surface area contributed by atoms with Gasteiger partial charge in [0.25, 0.3) is 11.8 Å². The van der Waals surface area contributed by atoms with Crippen LogP contribution in [0.2, 0.25) is 0 Å². The smallest absolute Gasteiger partial charge is 0.363 e. The van der Waals surface area contributed by atoms with E-state index in [2.05, 4.69) is 16.0 Å². The fourth-order valence-corrected chi connectivity index (χ4v) is 6.05. The van der Waals surface area contributed by atoms with Gasteiger partial charge in [0.05, 0.1) is 42.8 Å². The van der Waals surface area contributed by atoms with Gasteiger partial charge in [-0.1, -0.05) is 71.2 Å². The van der Waals surface area contributed by atoms with Gasteiger partial charge in [-0.15, -0.1) is 0 Å². The summed E-state index contributed by atoms with van der Waals surface area (Å²) in [6.07, 6.45) is 2.66. The molecule has 2 aromatic carbocycles. The average molecular weight is 779 g/mol. The topological polar surface area (TPSA) is 231 Å². The van der Waals surface area contributed by atoms with Gasteiger partial charge in [-0.25, -0.2) is 9.59 Å². The zero-order valence-electron chi connectivity index (χ0n) is 32.2. The minimum absolute atomic E-state index is 0.0245. The number of rotatable bonds is 23. The molecule has 0 aliphatic rings. The molecule has 302 valence electrons. The molecule has 0 bridgehead atoms. The Morgan fingerprint density at radius 3 is 2.25 bits per heavy atom. The highest BCUT2D eigenvalue weighted by Crippen LogP contribution is 2.30. The Morgan fingerprint density at radius 1 is 0.893 bits per heavy atom. The molecule has 16 heteroatoms. The van der Waals surface area contributed by atoms with Crippen molar-refractivity contribution < 1.29 is 57.8 Å². The SMILES string of the molecule is CCCCCC(C(=O)NCNC(=O)c1ccc(-c2ccc(C(=O)NC(CC(=O)O)C(=O)O)c(OCC)c2)o1)C(CC)N(C=O)OC(=O)c1ccccc1C(C)C. The minimum atomic E-state index is -1.67. The molecule has 1 aromatic heterocycles. The number of amides is 4. The monoisotopic (exact) mass is 778 g/mol. The number of furan rings is 1. The Labute approximate surface area is 324 Å². The van der Waals surface area contributed by atoms with Crippen LogP contribution in [0.25, 0.3) is 11.3 Å². The third kappa shape index (κ3) is 12.2. The maximum atomic E-state index is 13.6. The van der Waals surface area contributed by atoms with Crippen molar-refractivity contribution in [2.45, 2.75) is 91.1 Å². The second-order valence-corrected chi connectivity index (χ2v) is 13.2. The zero-order valence-corrected chi connectivity index (χ0v) is 32.2. The minimum Gasteiger partial charge on any atom is -0.493 e. The third-order valence-electron chi connectivity index (χ3n) is 8.89. The second kappa shape index (κ2) is 21.6. The van der Waals surface area contributed by atoms with Crippen molar-refractivity contribution in [2.24, 2.45) is 5.92 Å². The number of hydrogen-bond donors (Lipinski definition) is 5. The molecule has 5 N–H and O–H groups in total. The lowest BCUT2D eigenvalue weighted by molar-refractivity contribution is -0.171. The Kier molecular flexibility index (Phi) is 17.1. The van der Waals surface area contributed by atoms with E-state index in [0.29, 0.717) is 36.8 Å². The van der Waals surface area contributed by atoms with E-state index < -0.39 is 60.1 Å². The number of nitrogens with zero attached hydrogens (tertiary/aromatic N) is 1. The summed E-state index contributed by atoms with van der Waals surface area (Å²) in [5.41, 5.74) is 1.44. The van der Waals surface area contributed by atoms with Gasteiger partial charge in [-0.3, -0.25) is 24.0 Å². The quantitative estimate of drug-likeness (QED) is 0.0365. The number of hydroxylamine groups is 2. The zero-order chi connectivity index (χ0) is 41.4. The number of aliphatic carboxylic acids is 2. The normalized spacial score (nSPS) is 12.5. The summed E-state index contributed by atoms with van der Waals surface area (Å²) >= 11 is 0. The van der Waals surface area contributed by atoms with Crippen LogP contribution >= 0.6 is 0 Å². The molecule has 56 heavy (non-hydrogen) atoms. The number of hydrogen-bond acceptors (Lipinski definition) is 10. The summed E-state index contributed by atoms with van der Waals surface area (Å²) in [5, 5.41) is 26.7. The van der Waals surface area contributed by atoms with Crippen molar-refractivity contribution in [3.63, 3.8) is 0 Å². The van der Waals surface area contributed by atoms with E-state index in [9.17, 15) is 38.7 Å². The largest absolute Gasteiger partial charge is 0.493 e. The highest BCUT2D eigenvalue weighted by molar-refractivity contribution is 6.00. The highest BCUT2D eigenvalue weighted by Gasteiger charge is 2.34. The first-order valence-electron chi connectivity index (χ1n) is 18.5. The molecule has 0 spiro atoms. The number of ether oxygens (including phenoxy) is 1. The van der Waals surface area contributed by atoms with E-state index in [-0.39, 0.29) is 42.0 Å². The van der Waals surface area contributed by atoms with Crippen molar-refractivity contribution in [3.8, 4) is 17.1 Å². The lowest BCUT2D eigenvalue weighted by Crippen LogP contribution is -2.49. The second-order valence-electron chi connectivity index (χ2n) is 13.2. The summed E-state index contributed by atoms with van der Waals surface area (Å²) in [7, 11) is 0. The maximum Gasteiger partial charge on any atom is 0.363 e. The Morgan fingerprint density at radius 2 is 1.62 bits per heavy atom. The first kappa shape index (κ1) is 44.2. The lowest BCUT2D eigenvalue weighted by atomic mass is 9.90. The average Bonchev–Trinajstić information content (AvgIpc) is 3.67. The summed E-state index contributed by atoms with van der Waals surface area (Å²) in [6, 6.07) is 11.7. The first-order chi connectivity index (χ1) is 26.8. The molecule has 0 fully saturated rings. The summed E-state index contributed by atoms with van der Waals surface area (Å²) in [6.45, 7) is 9.21. The van der Waals surface area contributed by atoms with Gasteiger partial charge in [0.2, 0.25) is 12.3 Å². The van der Waals surface area contributed by atoms with Gasteiger partial charge in [0.1, 0.15) is 17.6 Å². The number of benzene rings is 2. The van der Waals surface area contributed by atoms with E-state index in [1.54, 1.807) is 26.0 Å². The molecule has 0 aliphatic heterocycles. The van der Waals surface area contributed by atoms with E-state index in [4.69, 9.17) is 19.1 Å². The van der Waals surface area contributed by atoms with Crippen molar-refractivity contribution in [2.75, 3.05) is 13.3 Å². The molecule has 3 aromatic rings. The maximum absolute atomic E-state index is 13.6. The van der Waals surface area contributed by atoms with Crippen molar-refractivity contribution in [1.82, 2.24) is 21.0 Å². The molecule has 3 unspecified atom stereocenters. The molecule has 0 aliphatic carbocycles. The van der Waals surface area contributed by atoms with Crippen LogP contribution in [0.4, 0.5) is 0 Å². The molecule has 3 atom stereocenters. The molecule has 1 heterocycles. The molecule has 0 radical (unpaired) electrons. The summed E-state index contributed by atoms with van der Waals surface area (Å²) < 4.78 is 11.3. The first-order valence-corrected chi connectivity index (χ1v) is 18.5. The Hall–Kier alpha value is -6.19. The van der Waals surface area contributed by atoms with Crippen LogP contribution in [0.15, 0.2) is 59.0 Å². The molecule has 0 saturated heterocycles. The number of carbonyl (C=O) groups is 7. The Balaban J connectivity index is 1.71. The van der Waals surface area contributed by atoms with Gasteiger partial charge >= 0.3 is 17.9 Å². The molecule has 0 saturated carbocycles. The summed E-state index contributed by atoms with van der Waals surface area (Å²) in [5.74, 6) is -6.16. The molecular weight excluding hydrogens is 728 g/mol. The fourth-order valence-electron chi connectivity index (χ4n) is 6.05. The third-order valence-corrected chi connectivity index (χ3v) is 8.89. The van der Waals surface area contributed by atoms with E-state index in [0.717, 1.165) is 23.5 Å². The number of carboxylic acid groups (broad SMARTS) is 2. The van der Waals surface area contributed by atoms with Crippen LogP contribution in [0.1, 0.15) is 116 Å². The Bertz CT molecular complexity index is 1860. The van der Waals surface area contributed by atoms with Crippen LogP contribution in [0.5, 0.6) is 5.75 Å². The van der Waals surface area contributed by atoms with Crippen molar-refractivity contribution >= 4 is 42.0 Å². The lowest BCUT2D eigenvalue weighted by Gasteiger charge is -2.32. The van der Waals surface area contributed by atoms with E-state index in [1.165, 1.54) is 30.3 Å². The molecular formula is C40H50N4O12. The predicted octanol–water partition coefficient (Wildman–Crippen LogP) is 5.14. The van der Waals surface area contributed by atoms with E-state index in [1.807, 2.05) is 32.9 Å². The summed E-state index contributed by atoms with van der Waals surface area (Å²) in [4.78, 5) is 93.1. The molecule has 16 nitrogen and oxygen atoms in total. The van der Waals surface area contributed by atoms with Crippen LogP contribution in [-0.4, -0.2) is 82.7 Å². The van der Waals surface area contributed by atoms with Crippen LogP contribution in [-0.2, 0) is 24.0 Å². The number of unbranched alkanes of at least 4 members (excludes halogenated alkanes) is 2. The van der Waals surface area contributed by atoms with Gasteiger partial charge in [-0.05, 0) is 61.6 Å². The molecule has 4 amide bonds.